The Labute approximate surface area is 159 Å². The van der Waals surface area contributed by atoms with Gasteiger partial charge in [-0.05, 0) is 19.3 Å². The van der Waals surface area contributed by atoms with Gasteiger partial charge in [-0.3, -0.25) is 4.79 Å². The number of ether oxygens (including phenoxy) is 1. The molecule has 0 saturated heterocycles. The van der Waals surface area contributed by atoms with Crippen LogP contribution in [0.5, 0.6) is 0 Å². The van der Waals surface area contributed by atoms with Crippen molar-refractivity contribution in [2.24, 2.45) is 0 Å². The van der Waals surface area contributed by atoms with Crippen molar-refractivity contribution in [1.29, 1.82) is 0 Å². The molecule has 0 rings (SSSR count). The van der Waals surface area contributed by atoms with E-state index in [9.17, 15) is 14.7 Å². The fourth-order valence-corrected chi connectivity index (χ4v) is 1.69. The number of unbranched alkanes of at least 4 members (excludes halogenated alkanes) is 6. The Hall–Kier alpha value is 0.576. The second-order valence-corrected chi connectivity index (χ2v) is 4.57. The standard InChI is InChI=1S/C14H26O4.K/c1-2-3-4-5-6-7-8-12-18-14(17)11-9-10-13(15)16;/h2-12H2,1H3,(H,15,16);/q;+1/p-1. The fourth-order valence-electron chi connectivity index (χ4n) is 1.69. The Morgan fingerprint density at radius 2 is 1.47 bits per heavy atom. The summed E-state index contributed by atoms with van der Waals surface area (Å²) in [4.78, 5) is 21.3. The molecular weight excluding hydrogens is 271 g/mol. The van der Waals surface area contributed by atoms with E-state index in [0.717, 1.165) is 12.8 Å². The van der Waals surface area contributed by atoms with E-state index in [4.69, 9.17) is 4.74 Å². The van der Waals surface area contributed by atoms with E-state index in [1.54, 1.807) is 0 Å². The smallest absolute Gasteiger partial charge is 0.550 e. The number of hydrogen-bond donors (Lipinski definition) is 0. The molecule has 0 aromatic heterocycles. The molecule has 0 amide bonds. The Morgan fingerprint density at radius 1 is 0.895 bits per heavy atom. The number of rotatable bonds is 12. The minimum absolute atomic E-state index is 0. The van der Waals surface area contributed by atoms with Gasteiger partial charge in [-0.1, -0.05) is 45.4 Å². The molecule has 0 fully saturated rings. The maximum absolute atomic E-state index is 11.2. The van der Waals surface area contributed by atoms with Gasteiger partial charge < -0.3 is 14.6 Å². The van der Waals surface area contributed by atoms with E-state index in [0.29, 0.717) is 13.0 Å². The zero-order valence-corrected chi connectivity index (χ0v) is 15.5. The van der Waals surface area contributed by atoms with E-state index < -0.39 is 5.97 Å². The van der Waals surface area contributed by atoms with E-state index in [-0.39, 0.29) is 70.2 Å². The summed E-state index contributed by atoms with van der Waals surface area (Å²) in [6.45, 7) is 2.65. The first-order valence-electron chi connectivity index (χ1n) is 7.02. The third-order valence-electron chi connectivity index (χ3n) is 2.77. The summed E-state index contributed by atoms with van der Waals surface area (Å²) in [5, 5.41) is 10.1. The quantitative estimate of drug-likeness (QED) is 0.269. The summed E-state index contributed by atoms with van der Waals surface area (Å²) in [5.74, 6) is -1.42. The average molecular weight is 296 g/mol. The van der Waals surface area contributed by atoms with Gasteiger partial charge >= 0.3 is 57.4 Å². The number of aliphatic carboxylic acids is 1. The molecule has 0 heterocycles. The molecule has 19 heavy (non-hydrogen) atoms. The van der Waals surface area contributed by atoms with Gasteiger partial charge in [0, 0.05) is 12.4 Å². The second-order valence-electron chi connectivity index (χ2n) is 4.57. The predicted octanol–water partition coefficient (Wildman–Crippen LogP) is -0.796. The average Bonchev–Trinajstić information content (AvgIpc) is 2.32. The Balaban J connectivity index is 0. The Kier molecular flexibility index (Phi) is 19.1. The van der Waals surface area contributed by atoms with Crippen molar-refractivity contribution in [3.63, 3.8) is 0 Å². The summed E-state index contributed by atoms with van der Waals surface area (Å²) >= 11 is 0. The van der Waals surface area contributed by atoms with Gasteiger partial charge in [0.1, 0.15) is 0 Å². The normalized spacial score (nSPS) is 9.74. The molecule has 0 radical (unpaired) electrons. The number of esters is 1. The molecule has 0 aromatic carbocycles. The topological polar surface area (TPSA) is 66.4 Å². The molecule has 0 aliphatic carbocycles. The molecule has 106 valence electrons. The third-order valence-corrected chi connectivity index (χ3v) is 2.77. The minimum atomic E-state index is -1.12. The van der Waals surface area contributed by atoms with Crippen molar-refractivity contribution in [3.8, 4) is 0 Å². The number of carbonyl (C=O) groups excluding carboxylic acids is 2. The molecule has 0 aromatic rings. The molecule has 0 N–H and O–H groups in total. The maximum atomic E-state index is 11.2. The first-order chi connectivity index (χ1) is 8.66. The van der Waals surface area contributed by atoms with Gasteiger partial charge in [-0.15, -0.1) is 0 Å². The SMILES string of the molecule is CCCCCCCCCOC(=O)CCCC(=O)[O-].[K+]. The van der Waals surface area contributed by atoms with Gasteiger partial charge in [-0.2, -0.15) is 0 Å². The van der Waals surface area contributed by atoms with E-state index in [2.05, 4.69) is 6.92 Å². The Bertz CT molecular complexity index is 231. The molecule has 0 aliphatic heterocycles. The molecule has 0 saturated carbocycles. The number of carboxylic acid groups (broad SMARTS) is 1. The fraction of sp³-hybridized carbons (Fsp3) is 0.857. The van der Waals surface area contributed by atoms with Gasteiger partial charge in [0.15, 0.2) is 0 Å². The van der Waals surface area contributed by atoms with Crippen LogP contribution in [0, 0.1) is 0 Å². The molecule has 0 aliphatic rings. The number of carboxylic acids is 1. The van der Waals surface area contributed by atoms with Crippen LogP contribution in [0.4, 0.5) is 0 Å². The van der Waals surface area contributed by atoms with Gasteiger partial charge in [0.2, 0.25) is 0 Å². The predicted molar refractivity (Wildman–Crippen MR) is 67.8 cm³/mol. The van der Waals surface area contributed by atoms with Crippen molar-refractivity contribution >= 4 is 11.9 Å². The van der Waals surface area contributed by atoms with Crippen molar-refractivity contribution in [2.75, 3.05) is 6.61 Å². The van der Waals surface area contributed by atoms with Crippen LogP contribution in [0.1, 0.15) is 71.1 Å². The van der Waals surface area contributed by atoms with Crippen molar-refractivity contribution < 1.29 is 70.8 Å². The van der Waals surface area contributed by atoms with Crippen LogP contribution >= 0.6 is 0 Å². The third kappa shape index (κ3) is 18.6. The largest absolute Gasteiger partial charge is 1.00 e. The minimum Gasteiger partial charge on any atom is -0.550 e. The molecule has 0 spiro atoms. The summed E-state index contributed by atoms with van der Waals surface area (Å²) in [5.41, 5.74) is 0. The second kappa shape index (κ2) is 16.6. The molecular formula is C14H25KO4. The van der Waals surface area contributed by atoms with E-state index in [1.165, 1.54) is 32.1 Å². The van der Waals surface area contributed by atoms with Crippen LogP contribution in [0.15, 0.2) is 0 Å². The van der Waals surface area contributed by atoms with Crippen molar-refractivity contribution in [2.45, 2.75) is 71.1 Å². The monoisotopic (exact) mass is 296 g/mol. The first kappa shape index (κ1) is 21.9. The van der Waals surface area contributed by atoms with Crippen LogP contribution in [-0.2, 0) is 14.3 Å². The summed E-state index contributed by atoms with van der Waals surface area (Å²) < 4.78 is 5.00. The molecule has 4 nitrogen and oxygen atoms in total. The van der Waals surface area contributed by atoms with Gasteiger partial charge in [0.05, 0.1) is 6.61 Å². The number of hydrogen-bond acceptors (Lipinski definition) is 4. The zero-order chi connectivity index (χ0) is 13.6. The summed E-state index contributed by atoms with van der Waals surface area (Å²) in [6.07, 6.45) is 8.69. The van der Waals surface area contributed by atoms with Crippen LogP contribution in [0.3, 0.4) is 0 Å². The van der Waals surface area contributed by atoms with Crippen molar-refractivity contribution in [3.05, 3.63) is 0 Å². The number of carbonyl (C=O) groups is 2. The van der Waals surface area contributed by atoms with Crippen LogP contribution in [0.25, 0.3) is 0 Å². The molecule has 5 heteroatoms. The van der Waals surface area contributed by atoms with E-state index >= 15 is 0 Å². The van der Waals surface area contributed by atoms with E-state index in [1.807, 2.05) is 0 Å². The molecule has 0 unspecified atom stereocenters. The summed E-state index contributed by atoms with van der Waals surface area (Å²) in [6, 6.07) is 0. The van der Waals surface area contributed by atoms with Gasteiger partial charge in [-0.25, -0.2) is 0 Å². The zero-order valence-electron chi connectivity index (χ0n) is 12.4. The first-order valence-corrected chi connectivity index (χ1v) is 7.02. The van der Waals surface area contributed by atoms with Crippen LogP contribution in [-0.4, -0.2) is 18.5 Å². The molecule has 0 atom stereocenters. The summed E-state index contributed by atoms with van der Waals surface area (Å²) in [7, 11) is 0. The van der Waals surface area contributed by atoms with Crippen molar-refractivity contribution in [1.82, 2.24) is 0 Å². The Morgan fingerprint density at radius 3 is 2.05 bits per heavy atom. The molecule has 0 bridgehead atoms. The maximum Gasteiger partial charge on any atom is 1.00 e. The van der Waals surface area contributed by atoms with Crippen LogP contribution in [0.2, 0.25) is 0 Å². The van der Waals surface area contributed by atoms with Crippen LogP contribution < -0.4 is 56.5 Å². The van der Waals surface area contributed by atoms with Gasteiger partial charge in [0.25, 0.3) is 0 Å².